The third-order valence-electron chi connectivity index (χ3n) is 4.13. The number of rotatable bonds is 8. The minimum atomic E-state index is -0.485. The zero-order valence-corrected chi connectivity index (χ0v) is 16.2. The molecule has 3 aromatic rings. The van der Waals surface area contributed by atoms with Crippen molar-refractivity contribution in [3.05, 3.63) is 70.4 Å². The lowest BCUT2D eigenvalue weighted by Crippen LogP contribution is -2.30. The Morgan fingerprint density at radius 2 is 1.96 bits per heavy atom. The number of hydrogen-bond donors (Lipinski definition) is 0. The fraction of sp³-hybridized carbons (Fsp3) is 0.238. The average Bonchev–Trinajstić information content (AvgIpc) is 3.36. The first-order valence-electron chi connectivity index (χ1n) is 8.78. The minimum absolute atomic E-state index is 0.0755. The number of carbonyl (C=O) groups is 2. The Bertz CT molecular complexity index is 936. The lowest BCUT2D eigenvalue weighted by molar-refractivity contribution is -0.151. The molecule has 28 heavy (non-hydrogen) atoms. The normalized spacial score (nSPS) is 10.6. The van der Waals surface area contributed by atoms with Crippen LogP contribution in [0.1, 0.15) is 17.1 Å². The van der Waals surface area contributed by atoms with Gasteiger partial charge in [0.1, 0.15) is 17.3 Å². The van der Waals surface area contributed by atoms with Crippen molar-refractivity contribution in [3.8, 4) is 11.3 Å². The first-order valence-corrected chi connectivity index (χ1v) is 9.66. The van der Waals surface area contributed by atoms with E-state index < -0.39 is 5.97 Å². The van der Waals surface area contributed by atoms with E-state index in [1.54, 1.807) is 48.7 Å². The zero-order valence-electron chi connectivity index (χ0n) is 15.4. The number of benzene rings is 1. The van der Waals surface area contributed by atoms with E-state index in [9.17, 15) is 14.0 Å². The quantitative estimate of drug-likeness (QED) is 0.529. The number of nitrogens with zero attached hydrogens (tertiary/aromatic N) is 1. The van der Waals surface area contributed by atoms with E-state index >= 15 is 0 Å². The molecule has 5 nitrogen and oxygen atoms in total. The molecule has 0 atom stereocenters. The summed E-state index contributed by atoms with van der Waals surface area (Å²) >= 11 is 1.56. The molecule has 2 heterocycles. The standard InChI is InChI=1S/C21H20FNO4S/c1-23(13-16-5-4-12-28-16)20(24)14-26-21(25)11-9-15-8-10-19(27-15)17-6-2-3-7-18(17)22/h2-8,10,12H,9,11,13-14H2,1H3. The molecule has 3 rings (SSSR count). The molecule has 0 saturated heterocycles. The van der Waals surface area contributed by atoms with E-state index in [2.05, 4.69) is 0 Å². The SMILES string of the molecule is CN(Cc1cccs1)C(=O)COC(=O)CCc1ccc(-c2ccccc2F)o1. The van der Waals surface area contributed by atoms with Crippen molar-refractivity contribution in [2.24, 2.45) is 0 Å². The van der Waals surface area contributed by atoms with Crippen LogP contribution in [0.4, 0.5) is 4.39 Å². The highest BCUT2D eigenvalue weighted by Gasteiger charge is 2.14. The van der Waals surface area contributed by atoms with Gasteiger partial charge in [0.25, 0.3) is 5.91 Å². The summed E-state index contributed by atoms with van der Waals surface area (Å²) in [4.78, 5) is 26.5. The summed E-state index contributed by atoms with van der Waals surface area (Å²) in [6.07, 6.45) is 0.388. The fourth-order valence-corrected chi connectivity index (χ4v) is 3.35. The van der Waals surface area contributed by atoms with Crippen LogP contribution < -0.4 is 0 Å². The molecule has 0 radical (unpaired) electrons. The van der Waals surface area contributed by atoms with Crippen molar-refractivity contribution < 1.29 is 23.1 Å². The third-order valence-corrected chi connectivity index (χ3v) is 4.99. The highest BCUT2D eigenvalue weighted by molar-refractivity contribution is 7.09. The maximum absolute atomic E-state index is 13.8. The Hall–Kier alpha value is -2.93. The number of ether oxygens (including phenoxy) is 1. The van der Waals surface area contributed by atoms with Gasteiger partial charge in [-0.1, -0.05) is 18.2 Å². The molecule has 0 fully saturated rings. The first-order chi connectivity index (χ1) is 13.5. The van der Waals surface area contributed by atoms with Crippen molar-refractivity contribution >= 4 is 23.2 Å². The van der Waals surface area contributed by atoms with Gasteiger partial charge in [-0.15, -0.1) is 11.3 Å². The number of amides is 1. The highest BCUT2D eigenvalue weighted by Crippen LogP contribution is 2.25. The number of likely N-dealkylation sites (N-methyl/N-ethyl adjacent to an activating group) is 1. The van der Waals surface area contributed by atoms with Crippen LogP contribution in [0.25, 0.3) is 11.3 Å². The Labute approximate surface area is 166 Å². The second-order valence-electron chi connectivity index (χ2n) is 6.24. The monoisotopic (exact) mass is 401 g/mol. The summed E-state index contributed by atoms with van der Waals surface area (Å²) in [5.41, 5.74) is 0.371. The maximum Gasteiger partial charge on any atom is 0.306 e. The Kier molecular flexibility index (Phi) is 6.60. The molecule has 0 aliphatic carbocycles. The summed E-state index contributed by atoms with van der Waals surface area (Å²) in [5, 5.41) is 1.94. The Balaban J connectivity index is 1.43. The smallest absolute Gasteiger partial charge is 0.306 e. The maximum atomic E-state index is 13.8. The molecule has 0 aliphatic heterocycles. The number of carbonyl (C=O) groups excluding carboxylic acids is 2. The zero-order chi connectivity index (χ0) is 19.9. The summed E-state index contributed by atoms with van der Waals surface area (Å²) in [6, 6.07) is 13.6. The van der Waals surface area contributed by atoms with Crippen LogP contribution in [0.3, 0.4) is 0 Å². The molecule has 0 N–H and O–H groups in total. The molecule has 146 valence electrons. The van der Waals surface area contributed by atoms with E-state index in [0.717, 1.165) is 4.88 Å². The largest absolute Gasteiger partial charge is 0.461 e. The molecule has 1 amide bonds. The molecule has 0 saturated carbocycles. The lowest BCUT2D eigenvalue weighted by Gasteiger charge is -2.16. The first kappa shape index (κ1) is 19.8. The Morgan fingerprint density at radius 1 is 1.14 bits per heavy atom. The van der Waals surface area contributed by atoms with Crippen LogP contribution >= 0.6 is 11.3 Å². The number of furan rings is 1. The summed E-state index contributed by atoms with van der Waals surface area (Å²) in [7, 11) is 1.67. The van der Waals surface area contributed by atoms with Crippen molar-refractivity contribution in [2.45, 2.75) is 19.4 Å². The van der Waals surface area contributed by atoms with E-state index in [4.69, 9.17) is 9.15 Å². The summed E-state index contributed by atoms with van der Waals surface area (Å²) < 4.78 is 24.4. The topological polar surface area (TPSA) is 59.8 Å². The van der Waals surface area contributed by atoms with Gasteiger partial charge in [0, 0.05) is 18.3 Å². The third kappa shape index (κ3) is 5.29. The number of hydrogen-bond acceptors (Lipinski definition) is 5. The van der Waals surface area contributed by atoms with Gasteiger partial charge in [0.2, 0.25) is 0 Å². The summed E-state index contributed by atoms with van der Waals surface area (Å²) in [5.74, 6) is -0.153. The molecular formula is C21H20FNO4S. The van der Waals surface area contributed by atoms with Gasteiger partial charge in [-0.2, -0.15) is 0 Å². The molecule has 7 heteroatoms. The summed E-state index contributed by atoms with van der Waals surface area (Å²) in [6.45, 7) is 0.193. The number of esters is 1. The molecular weight excluding hydrogens is 381 g/mol. The molecule has 0 bridgehead atoms. The number of aryl methyl sites for hydroxylation is 1. The molecule has 0 spiro atoms. The highest BCUT2D eigenvalue weighted by atomic mass is 32.1. The van der Waals surface area contributed by atoms with E-state index in [-0.39, 0.29) is 24.8 Å². The van der Waals surface area contributed by atoms with E-state index in [1.807, 2.05) is 17.5 Å². The van der Waals surface area contributed by atoms with Gasteiger partial charge in [0.05, 0.1) is 18.5 Å². The van der Waals surface area contributed by atoms with Crippen molar-refractivity contribution in [2.75, 3.05) is 13.7 Å². The molecule has 0 unspecified atom stereocenters. The lowest BCUT2D eigenvalue weighted by atomic mass is 10.1. The van der Waals surface area contributed by atoms with Crippen LogP contribution in [0.15, 0.2) is 58.3 Å². The molecule has 1 aromatic carbocycles. The van der Waals surface area contributed by atoms with Gasteiger partial charge in [-0.25, -0.2) is 4.39 Å². The van der Waals surface area contributed by atoms with Crippen molar-refractivity contribution in [1.82, 2.24) is 4.90 Å². The van der Waals surface area contributed by atoms with Gasteiger partial charge in [-0.3, -0.25) is 9.59 Å². The Morgan fingerprint density at radius 3 is 2.71 bits per heavy atom. The fourth-order valence-electron chi connectivity index (χ4n) is 2.59. The number of halogens is 1. The van der Waals surface area contributed by atoms with Gasteiger partial charge < -0.3 is 14.1 Å². The second-order valence-corrected chi connectivity index (χ2v) is 7.27. The van der Waals surface area contributed by atoms with Gasteiger partial charge >= 0.3 is 5.97 Å². The molecule has 2 aromatic heterocycles. The van der Waals surface area contributed by atoms with E-state index in [1.165, 1.54) is 11.0 Å². The predicted octanol–water partition coefficient (Wildman–Crippen LogP) is 4.28. The van der Waals surface area contributed by atoms with Crippen LogP contribution in [-0.2, 0) is 27.3 Å². The average molecular weight is 401 g/mol. The second kappa shape index (κ2) is 9.32. The van der Waals surface area contributed by atoms with Gasteiger partial charge in [-0.05, 0) is 35.7 Å². The molecule has 0 aliphatic rings. The van der Waals surface area contributed by atoms with Crippen LogP contribution in [0.2, 0.25) is 0 Å². The van der Waals surface area contributed by atoms with Gasteiger partial charge in [0.15, 0.2) is 6.61 Å². The predicted molar refractivity (Wildman–Crippen MR) is 104 cm³/mol. The van der Waals surface area contributed by atoms with Crippen LogP contribution in [0, 0.1) is 5.82 Å². The van der Waals surface area contributed by atoms with Crippen LogP contribution in [0.5, 0.6) is 0 Å². The van der Waals surface area contributed by atoms with Crippen molar-refractivity contribution in [1.29, 1.82) is 0 Å². The minimum Gasteiger partial charge on any atom is -0.461 e. The number of thiophene rings is 1. The van der Waals surface area contributed by atoms with E-state index in [0.29, 0.717) is 30.0 Å². The van der Waals surface area contributed by atoms with Crippen LogP contribution in [-0.4, -0.2) is 30.4 Å². The van der Waals surface area contributed by atoms with Crippen molar-refractivity contribution in [3.63, 3.8) is 0 Å².